The van der Waals surface area contributed by atoms with E-state index in [1.807, 2.05) is 6.20 Å². The lowest BCUT2D eigenvalue weighted by Gasteiger charge is -2.22. The molecule has 0 atom stereocenters. The molecule has 2 N–H and O–H groups in total. The molecule has 3 heteroatoms. The smallest absolute Gasteiger partial charge is 0.0568 e. The fourth-order valence-corrected chi connectivity index (χ4v) is 2.95. The Hall–Kier alpha value is -1.61. The van der Waals surface area contributed by atoms with Crippen LogP contribution in [0, 0.1) is 12.8 Å². The molecule has 3 nitrogen and oxygen atoms in total. The highest BCUT2D eigenvalue weighted by Crippen LogP contribution is 2.28. The van der Waals surface area contributed by atoms with Gasteiger partial charge in [0.15, 0.2) is 0 Å². The lowest BCUT2D eigenvalue weighted by molar-refractivity contribution is 0.370. The standard InChI is InChI=1S/C16H21N3/c1-12-4-2-3-5-14(12)15-11-18-19-16(15)10-13-6-8-17-9-7-13/h2-5,11,13,17H,6-10H2,1H3,(H,18,19). The molecule has 0 aliphatic carbocycles. The summed E-state index contributed by atoms with van der Waals surface area (Å²) in [5.41, 5.74) is 5.19. The zero-order chi connectivity index (χ0) is 13.1. The maximum atomic E-state index is 4.26. The van der Waals surface area contributed by atoms with E-state index in [-0.39, 0.29) is 0 Å². The molecule has 1 aromatic carbocycles. The first-order chi connectivity index (χ1) is 9.34. The van der Waals surface area contributed by atoms with E-state index in [4.69, 9.17) is 0 Å². The van der Waals surface area contributed by atoms with Gasteiger partial charge >= 0.3 is 0 Å². The minimum Gasteiger partial charge on any atom is -0.317 e. The van der Waals surface area contributed by atoms with Crippen molar-refractivity contribution in [1.82, 2.24) is 15.5 Å². The molecule has 0 saturated carbocycles. The molecule has 1 aliphatic rings. The lowest BCUT2D eigenvalue weighted by atomic mass is 9.90. The number of H-pyrrole nitrogens is 1. The Labute approximate surface area is 114 Å². The maximum Gasteiger partial charge on any atom is 0.0568 e. The summed E-state index contributed by atoms with van der Waals surface area (Å²) in [6, 6.07) is 8.54. The number of piperidine rings is 1. The van der Waals surface area contributed by atoms with E-state index in [1.165, 1.54) is 35.2 Å². The molecule has 19 heavy (non-hydrogen) atoms. The molecular formula is C16H21N3. The Balaban J connectivity index is 1.84. The largest absolute Gasteiger partial charge is 0.317 e. The molecule has 2 heterocycles. The van der Waals surface area contributed by atoms with E-state index < -0.39 is 0 Å². The number of rotatable bonds is 3. The quantitative estimate of drug-likeness (QED) is 0.885. The minimum absolute atomic E-state index is 0.782. The number of nitrogens with one attached hydrogen (secondary N) is 2. The van der Waals surface area contributed by atoms with Crippen LogP contribution in [0.15, 0.2) is 30.5 Å². The van der Waals surface area contributed by atoms with Crippen LogP contribution in [-0.4, -0.2) is 23.3 Å². The van der Waals surface area contributed by atoms with Gasteiger partial charge in [-0.2, -0.15) is 5.10 Å². The normalized spacial score (nSPS) is 16.7. The molecule has 0 amide bonds. The minimum atomic E-state index is 0.782. The molecule has 1 aliphatic heterocycles. The first kappa shape index (κ1) is 12.4. The van der Waals surface area contributed by atoms with Crippen molar-refractivity contribution in [2.24, 2.45) is 5.92 Å². The zero-order valence-corrected chi connectivity index (χ0v) is 11.4. The monoisotopic (exact) mass is 255 g/mol. The van der Waals surface area contributed by atoms with Gasteiger partial charge in [-0.05, 0) is 56.3 Å². The highest BCUT2D eigenvalue weighted by Gasteiger charge is 2.17. The Kier molecular flexibility index (Phi) is 3.65. The molecule has 1 saturated heterocycles. The van der Waals surface area contributed by atoms with Crippen LogP contribution in [0.3, 0.4) is 0 Å². The van der Waals surface area contributed by atoms with Gasteiger partial charge in [-0.25, -0.2) is 0 Å². The summed E-state index contributed by atoms with van der Waals surface area (Å²) in [5, 5.41) is 10.9. The molecule has 3 rings (SSSR count). The summed E-state index contributed by atoms with van der Waals surface area (Å²) < 4.78 is 0. The third-order valence-electron chi connectivity index (χ3n) is 4.11. The second-order valence-corrected chi connectivity index (χ2v) is 5.47. The molecule has 0 spiro atoms. The van der Waals surface area contributed by atoms with Gasteiger partial charge in [0.1, 0.15) is 0 Å². The maximum absolute atomic E-state index is 4.26. The van der Waals surface area contributed by atoms with Crippen molar-refractivity contribution in [3.8, 4) is 11.1 Å². The van der Waals surface area contributed by atoms with Crippen molar-refractivity contribution >= 4 is 0 Å². The topological polar surface area (TPSA) is 40.7 Å². The first-order valence-electron chi connectivity index (χ1n) is 7.13. The van der Waals surface area contributed by atoms with E-state index in [0.29, 0.717) is 0 Å². The summed E-state index contributed by atoms with van der Waals surface area (Å²) in [4.78, 5) is 0. The number of benzene rings is 1. The Bertz CT molecular complexity index is 538. The number of aromatic amines is 1. The third kappa shape index (κ3) is 2.71. The Morgan fingerprint density at radius 3 is 2.74 bits per heavy atom. The number of hydrogen-bond acceptors (Lipinski definition) is 2. The molecular weight excluding hydrogens is 234 g/mol. The third-order valence-corrected chi connectivity index (χ3v) is 4.11. The second kappa shape index (κ2) is 5.57. The molecule has 2 aromatic rings. The van der Waals surface area contributed by atoms with Crippen LogP contribution in [0.25, 0.3) is 11.1 Å². The van der Waals surface area contributed by atoms with Gasteiger partial charge in [0.2, 0.25) is 0 Å². The van der Waals surface area contributed by atoms with Gasteiger partial charge in [0.05, 0.1) is 6.20 Å². The van der Waals surface area contributed by atoms with Crippen molar-refractivity contribution in [1.29, 1.82) is 0 Å². The van der Waals surface area contributed by atoms with Crippen LogP contribution in [0.2, 0.25) is 0 Å². The van der Waals surface area contributed by atoms with Crippen molar-refractivity contribution in [3.05, 3.63) is 41.7 Å². The summed E-state index contributed by atoms with van der Waals surface area (Å²) in [5.74, 6) is 0.782. The fraction of sp³-hybridized carbons (Fsp3) is 0.438. The highest BCUT2D eigenvalue weighted by atomic mass is 15.1. The number of nitrogens with zero attached hydrogens (tertiary/aromatic N) is 1. The van der Waals surface area contributed by atoms with E-state index >= 15 is 0 Å². The zero-order valence-electron chi connectivity index (χ0n) is 11.4. The molecule has 0 unspecified atom stereocenters. The average molecular weight is 255 g/mol. The number of aryl methyl sites for hydroxylation is 1. The van der Waals surface area contributed by atoms with Crippen LogP contribution in [0.1, 0.15) is 24.1 Å². The summed E-state index contributed by atoms with van der Waals surface area (Å²) in [6.07, 6.45) is 5.63. The second-order valence-electron chi connectivity index (χ2n) is 5.47. The van der Waals surface area contributed by atoms with Gasteiger partial charge in [0.25, 0.3) is 0 Å². The van der Waals surface area contributed by atoms with Gasteiger partial charge in [0, 0.05) is 11.3 Å². The average Bonchev–Trinajstić information content (AvgIpc) is 2.88. The van der Waals surface area contributed by atoms with Crippen LogP contribution in [-0.2, 0) is 6.42 Å². The van der Waals surface area contributed by atoms with E-state index in [9.17, 15) is 0 Å². The van der Waals surface area contributed by atoms with Crippen molar-refractivity contribution in [2.75, 3.05) is 13.1 Å². The fourth-order valence-electron chi connectivity index (χ4n) is 2.95. The highest BCUT2D eigenvalue weighted by molar-refractivity contribution is 5.68. The summed E-state index contributed by atoms with van der Waals surface area (Å²) >= 11 is 0. The van der Waals surface area contributed by atoms with Crippen LogP contribution in [0.5, 0.6) is 0 Å². The van der Waals surface area contributed by atoms with E-state index in [0.717, 1.165) is 25.4 Å². The number of aromatic nitrogens is 2. The van der Waals surface area contributed by atoms with Crippen molar-refractivity contribution in [3.63, 3.8) is 0 Å². The molecule has 1 fully saturated rings. The van der Waals surface area contributed by atoms with Gasteiger partial charge < -0.3 is 5.32 Å². The molecule has 1 aromatic heterocycles. The number of hydrogen-bond donors (Lipinski definition) is 2. The summed E-state index contributed by atoms with van der Waals surface area (Å²) in [6.45, 7) is 4.47. The van der Waals surface area contributed by atoms with E-state index in [2.05, 4.69) is 46.7 Å². The summed E-state index contributed by atoms with van der Waals surface area (Å²) in [7, 11) is 0. The predicted octanol–water partition coefficient (Wildman–Crippen LogP) is 2.93. The molecule has 0 bridgehead atoms. The predicted molar refractivity (Wildman–Crippen MR) is 78.1 cm³/mol. The van der Waals surface area contributed by atoms with Crippen molar-refractivity contribution in [2.45, 2.75) is 26.2 Å². The molecule has 100 valence electrons. The lowest BCUT2D eigenvalue weighted by Crippen LogP contribution is -2.28. The first-order valence-corrected chi connectivity index (χ1v) is 7.13. The van der Waals surface area contributed by atoms with Crippen molar-refractivity contribution < 1.29 is 0 Å². The Morgan fingerprint density at radius 1 is 1.16 bits per heavy atom. The van der Waals surface area contributed by atoms with Crippen LogP contribution in [0.4, 0.5) is 0 Å². The van der Waals surface area contributed by atoms with Crippen LogP contribution < -0.4 is 5.32 Å². The van der Waals surface area contributed by atoms with Gasteiger partial charge in [-0.3, -0.25) is 5.10 Å². The van der Waals surface area contributed by atoms with Crippen LogP contribution >= 0.6 is 0 Å². The Morgan fingerprint density at radius 2 is 1.95 bits per heavy atom. The molecule has 0 radical (unpaired) electrons. The van der Waals surface area contributed by atoms with Gasteiger partial charge in [-0.15, -0.1) is 0 Å². The SMILES string of the molecule is Cc1ccccc1-c1cn[nH]c1CC1CCNCC1. The van der Waals surface area contributed by atoms with E-state index in [1.54, 1.807) is 0 Å². The van der Waals surface area contributed by atoms with Gasteiger partial charge in [-0.1, -0.05) is 24.3 Å².